The van der Waals surface area contributed by atoms with Crippen molar-refractivity contribution in [2.45, 2.75) is 36.7 Å². The standard InChI is InChI=1S/C9H17NO2S/c1-7(2)13-9(8(11)12)3-5-10-6-4-9/h7,10H,3-6H2,1-2H3,(H,11,12). The highest BCUT2D eigenvalue weighted by Crippen LogP contribution is 2.37. The van der Waals surface area contributed by atoms with Crippen molar-refractivity contribution in [1.82, 2.24) is 5.32 Å². The number of hydrogen-bond donors (Lipinski definition) is 2. The van der Waals surface area contributed by atoms with E-state index in [2.05, 4.69) is 19.2 Å². The van der Waals surface area contributed by atoms with Crippen LogP contribution in [0, 0.1) is 0 Å². The summed E-state index contributed by atoms with van der Waals surface area (Å²) in [5, 5.41) is 12.8. The average Bonchev–Trinajstić information content (AvgIpc) is 2.04. The monoisotopic (exact) mass is 203 g/mol. The lowest BCUT2D eigenvalue weighted by atomic mass is 9.97. The molecular formula is C9H17NO2S. The van der Waals surface area contributed by atoms with Crippen LogP contribution in [0.25, 0.3) is 0 Å². The quantitative estimate of drug-likeness (QED) is 0.726. The van der Waals surface area contributed by atoms with Gasteiger partial charge in [-0.25, -0.2) is 0 Å². The number of aliphatic carboxylic acids is 1. The van der Waals surface area contributed by atoms with Crippen LogP contribution in [0.1, 0.15) is 26.7 Å². The van der Waals surface area contributed by atoms with E-state index < -0.39 is 10.7 Å². The number of carboxylic acid groups (broad SMARTS) is 1. The number of nitrogens with one attached hydrogen (secondary N) is 1. The summed E-state index contributed by atoms with van der Waals surface area (Å²) in [5.41, 5.74) is 0. The molecule has 2 N–H and O–H groups in total. The Balaban J connectivity index is 2.67. The molecule has 1 aliphatic rings. The Hall–Kier alpha value is -0.220. The maximum absolute atomic E-state index is 11.2. The Morgan fingerprint density at radius 3 is 2.38 bits per heavy atom. The summed E-state index contributed by atoms with van der Waals surface area (Å²) in [5.74, 6) is -0.646. The molecule has 0 radical (unpaired) electrons. The Kier molecular flexibility index (Phi) is 3.62. The van der Waals surface area contributed by atoms with Crippen LogP contribution < -0.4 is 5.32 Å². The fourth-order valence-electron chi connectivity index (χ4n) is 1.66. The molecule has 0 aliphatic carbocycles. The van der Waals surface area contributed by atoms with Crippen molar-refractivity contribution < 1.29 is 9.90 Å². The first-order chi connectivity index (χ1) is 6.07. The van der Waals surface area contributed by atoms with Gasteiger partial charge in [0.05, 0.1) is 0 Å². The summed E-state index contributed by atoms with van der Waals surface area (Å²) in [6, 6.07) is 0. The van der Waals surface area contributed by atoms with E-state index in [1.807, 2.05) is 0 Å². The third-order valence-electron chi connectivity index (χ3n) is 2.26. The first-order valence-corrected chi connectivity index (χ1v) is 5.57. The fraction of sp³-hybridized carbons (Fsp3) is 0.889. The van der Waals surface area contributed by atoms with Crippen molar-refractivity contribution in [3.8, 4) is 0 Å². The van der Waals surface area contributed by atoms with Crippen LogP contribution in [0.2, 0.25) is 0 Å². The molecule has 0 atom stereocenters. The van der Waals surface area contributed by atoms with E-state index in [0.717, 1.165) is 25.9 Å². The molecule has 0 saturated carbocycles. The van der Waals surface area contributed by atoms with Crippen LogP contribution in [0.5, 0.6) is 0 Å². The molecule has 0 aromatic heterocycles. The lowest BCUT2D eigenvalue weighted by Crippen LogP contribution is -2.46. The second-order valence-electron chi connectivity index (χ2n) is 3.72. The molecule has 1 rings (SSSR count). The normalized spacial score (nSPS) is 21.8. The summed E-state index contributed by atoms with van der Waals surface area (Å²) in [6.45, 7) is 5.76. The molecule has 0 aromatic carbocycles. The Morgan fingerprint density at radius 2 is 2.00 bits per heavy atom. The first kappa shape index (κ1) is 10.9. The second kappa shape index (κ2) is 4.33. The Labute approximate surface area is 83.3 Å². The van der Waals surface area contributed by atoms with E-state index in [1.54, 1.807) is 11.8 Å². The van der Waals surface area contributed by atoms with Crippen LogP contribution in [0.4, 0.5) is 0 Å². The van der Waals surface area contributed by atoms with Crippen molar-refractivity contribution in [2.75, 3.05) is 13.1 Å². The molecule has 0 amide bonds. The Morgan fingerprint density at radius 1 is 1.46 bits per heavy atom. The van der Waals surface area contributed by atoms with E-state index in [1.165, 1.54) is 0 Å². The minimum absolute atomic E-state index is 0.384. The zero-order valence-electron chi connectivity index (χ0n) is 8.17. The van der Waals surface area contributed by atoms with Crippen LogP contribution in [0.3, 0.4) is 0 Å². The molecule has 0 aromatic rings. The van der Waals surface area contributed by atoms with Gasteiger partial charge in [0.25, 0.3) is 0 Å². The molecule has 1 fully saturated rings. The molecular weight excluding hydrogens is 186 g/mol. The van der Waals surface area contributed by atoms with Crippen molar-refractivity contribution in [3.63, 3.8) is 0 Å². The zero-order chi connectivity index (χ0) is 9.90. The molecule has 1 heterocycles. The number of hydrogen-bond acceptors (Lipinski definition) is 3. The van der Waals surface area contributed by atoms with Gasteiger partial charge in [0.15, 0.2) is 0 Å². The Bertz CT molecular complexity index is 188. The molecule has 1 aliphatic heterocycles. The molecule has 0 spiro atoms. The van der Waals surface area contributed by atoms with Gasteiger partial charge >= 0.3 is 5.97 Å². The minimum Gasteiger partial charge on any atom is -0.480 e. The highest BCUT2D eigenvalue weighted by atomic mass is 32.2. The van der Waals surface area contributed by atoms with Crippen molar-refractivity contribution in [2.24, 2.45) is 0 Å². The third-order valence-corrected chi connectivity index (χ3v) is 3.77. The molecule has 76 valence electrons. The van der Waals surface area contributed by atoms with Crippen LogP contribution in [0.15, 0.2) is 0 Å². The number of piperidine rings is 1. The average molecular weight is 203 g/mol. The zero-order valence-corrected chi connectivity index (χ0v) is 8.99. The van der Waals surface area contributed by atoms with Gasteiger partial charge in [0.2, 0.25) is 0 Å². The number of carbonyl (C=O) groups is 1. The summed E-state index contributed by atoms with van der Waals surface area (Å²) < 4.78 is -0.528. The number of carboxylic acids is 1. The van der Waals surface area contributed by atoms with Crippen LogP contribution in [-0.4, -0.2) is 34.2 Å². The lowest BCUT2D eigenvalue weighted by Gasteiger charge is -2.34. The lowest BCUT2D eigenvalue weighted by molar-refractivity contribution is -0.140. The van der Waals surface area contributed by atoms with Gasteiger partial charge < -0.3 is 10.4 Å². The fourth-order valence-corrected chi connectivity index (χ4v) is 3.11. The van der Waals surface area contributed by atoms with Gasteiger partial charge in [-0.05, 0) is 25.9 Å². The largest absolute Gasteiger partial charge is 0.480 e. The van der Waals surface area contributed by atoms with E-state index in [4.69, 9.17) is 0 Å². The smallest absolute Gasteiger partial charge is 0.319 e. The van der Waals surface area contributed by atoms with Gasteiger partial charge in [-0.15, -0.1) is 11.8 Å². The summed E-state index contributed by atoms with van der Waals surface area (Å²) in [4.78, 5) is 11.2. The predicted molar refractivity (Wildman–Crippen MR) is 55.2 cm³/mol. The first-order valence-electron chi connectivity index (χ1n) is 4.69. The van der Waals surface area contributed by atoms with Crippen molar-refractivity contribution in [1.29, 1.82) is 0 Å². The van der Waals surface area contributed by atoms with Gasteiger partial charge in [-0.3, -0.25) is 4.79 Å². The number of thioether (sulfide) groups is 1. The topological polar surface area (TPSA) is 49.3 Å². The highest BCUT2D eigenvalue weighted by molar-refractivity contribution is 8.01. The molecule has 1 saturated heterocycles. The van der Waals surface area contributed by atoms with Crippen molar-refractivity contribution >= 4 is 17.7 Å². The molecule has 0 bridgehead atoms. The molecule has 13 heavy (non-hydrogen) atoms. The number of rotatable bonds is 3. The summed E-state index contributed by atoms with van der Waals surface area (Å²) in [6.07, 6.45) is 1.48. The predicted octanol–water partition coefficient (Wildman–Crippen LogP) is 1.33. The van der Waals surface area contributed by atoms with Crippen molar-refractivity contribution in [3.05, 3.63) is 0 Å². The van der Waals surface area contributed by atoms with Crippen LogP contribution >= 0.6 is 11.8 Å². The van der Waals surface area contributed by atoms with E-state index in [9.17, 15) is 9.90 Å². The van der Waals surface area contributed by atoms with Gasteiger partial charge in [-0.2, -0.15) is 0 Å². The third kappa shape index (κ3) is 2.61. The maximum Gasteiger partial charge on any atom is 0.319 e. The second-order valence-corrected chi connectivity index (χ2v) is 5.68. The highest BCUT2D eigenvalue weighted by Gasteiger charge is 2.40. The SMILES string of the molecule is CC(C)SC1(C(=O)O)CCNCC1. The summed E-state index contributed by atoms with van der Waals surface area (Å²) >= 11 is 1.59. The molecule has 4 heteroatoms. The van der Waals surface area contributed by atoms with E-state index >= 15 is 0 Å². The van der Waals surface area contributed by atoms with Crippen LogP contribution in [-0.2, 0) is 4.79 Å². The van der Waals surface area contributed by atoms with E-state index in [0.29, 0.717) is 5.25 Å². The molecule has 3 nitrogen and oxygen atoms in total. The van der Waals surface area contributed by atoms with E-state index in [-0.39, 0.29) is 0 Å². The minimum atomic E-state index is -0.646. The summed E-state index contributed by atoms with van der Waals surface area (Å²) in [7, 11) is 0. The van der Waals surface area contributed by atoms with Gasteiger partial charge in [-0.1, -0.05) is 13.8 Å². The maximum atomic E-state index is 11.2. The molecule has 0 unspecified atom stereocenters. The van der Waals surface area contributed by atoms with Gasteiger partial charge in [0.1, 0.15) is 4.75 Å². The van der Waals surface area contributed by atoms with Gasteiger partial charge in [0, 0.05) is 5.25 Å².